The second-order valence-electron chi connectivity index (χ2n) is 6.39. The third kappa shape index (κ3) is 4.60. The maximum absolute atomic E-state index is 12.5. The highest BCUT2D eigenvalue weighted by atomic mass is 16.5. The number of nitrogens with one attached hydrogen (secondary N) is 1. The number of hydrogen-bond donors (Lipinski definition) is 1. The van der Waals surface area contributed by atoms with E-state index in [9.17, 15) is 4.79 Å². The molecule has 1 N–H and O–H groups in total. The van der Waals surface area contributed by atoms with Crippen LogP contribution in [-0.2, 0) is 4.79 Å². The van der Waals surface area contributed by atoms with E-state index in [0.29, 0.717) is 5.75 Å². The predicted molar refractivity (Wildman–Crippen MR) is 98.4 cm³/mol. The fraction of sp³-hybridized carbons (Fsp3) is 0.381. The van der Waals surface area contributed by atoms with E-state index in [1.807, 2.05) is 31.2 Å². The van der Waals surface area contributed by atoms with Crippen LogP contribution in [0, 0.1) is 20.8 Å². The molecule has 2 aromatic carbocycles. The number of hydrogen-bond acceptors (Lipinski definition) is 2. The SMILES string of the molecule is CC[C@@H](NC(=O)[C@H](C)Oc1ccc(C)cc1)c1ccc(C)c(C)c1. The Bertz CT molecular complexity index is 691. The summed E-state index contributed by atoms with van der Waals surface area (Å²) in [6.45, 7) is 10.1. The lowest BCUT2D eigenvalue weighted by atomic mass is 9.99. The second-order valence-corrected chi connectivity index (χ2v) is 6.39. The first-order valence-electron chi connectivity index (χ1n) is 8.51. The molecule has 0 saturated heterocycles. The summed E-state index contributed by atoms with van der Waals surface area (Å²) in [6.07, 6.45) is 0.305. The van der Waals surface area contributed by atoms with Gasteiger partial charge in [-0.15, -0.1) is 0 Å². The number of benzene rings is 2. The zero-order valence-electron chi connectivity index (χ0n) is 15.2. The molecule has 0 aromatic heterocycles. The molecule has 0 aliphatic rings. The normalized spacial score (nSPS) is 13.2. The molecular weight excluding hydrogens is 298 g/mol. The van der Waals surface area contributed by atoms with Crippen LogP contribution in [0.25, 0.3) is 0 Å². The van der Waals surface area contributed by atoms with Crippen LogP contribution in [-0.4, -0.2) is 12.0 Å². The summed E-state index contributed by atoms with van der Waals surface area (Å²) in [5, 5.41) is 3.10. The first-order chi connectivity index (χ1) is 11.4. The van der Waals surface area contributed by atoms with Crippen LogP contribution in [0.4, 0.5) is 0 Å². The van der Waals surface area contributed by atoms with E-state index >= 15 is 0 Å². The maximum Gasteiger partial charge on any atom is 0.261 e. The minimum atomic E-state index is -0.534. The van der Waals surface area contributed by atoms with E-state index < -0.39 is 6.10 Å². The van der Waals surface area contributed by atoms with Gasteiger partial charge in [0, 0.05) is 0 Å². The summed E-state index contributed by atoms with van der Waals surface area (Å²) in [6, 6.07) is 14.1. The zero-order chi connectivity index (χ0) is 17.7. The molecule has 2 atom stereocenters. The van der Waals surface area contributed by atoms with Crippen LogP contribution in [0.1, 0.15) is 48.6 Å². The molecule has 0 heterocycles. The lowest BCUT2D eigenvalue weighted by molar-refractivity contribution is -0.128. The van der Waals surface area contributed by atoms with Crippen molar-refractivity contribution in [2.24, 2.45) is 0 Å². The molecule has 0 aliphatic carbocycles. The number of amides is 1. The van der Waals surface area contributed by atoms with Gasteiger partial charge in [0.25, 0.3) is 5.91 Å². The van der Waals surface area contributed by atoms with Crippen LogP contribution in [0.5, 0.6) is 5.75 Å². The molecular formula is C21H27NO2. The van der Waals surface area contributed by atoms with E-state index in [4.69, 9.17) is 4.74 Å². The number of carbonyl (C=O) groups is 1. The predicted octanol–water partition coefficient (Wildman–Crippen LogP) is 4.65. The standard InChI is InChI=1S/C21H27NO2/c1-6-20(18-10-9-15(3)16(4)13-18)22-21(23)17(5)24-19-11-7-14(2)8-12-19/h7-13,17,20H,6H2,1-5H3,(H,22,23)/t17-,20+/m0/s1. The first kappa shape index (κ1) is 18.1. The maximum atomic E-state index is 12.5. The van der Waals surface area contributed by atoms with Crippen molar-refractivity contribution in [3.8, 4) is 5.75 Å². The summed E-state index contributed by atoms with van der Waals surface area (Å²) >= 11 is 0. The van der Waals surface area contributed by atoms with Gasteiger partial charge in [-0.3, -0.25) is 4.79 Å². The first-order valence-corrected chi connectivity index (χ1v) is 8.51. The second kappa shape index (κ2) is 8.00. The van der Waals surface area contributed by atoms with Gasteiger partial charge in [0.15, 0.2) is 6.10 Å². The van der Waals surface area contributed by atoms with Crippen LogP contribution >= 0.6 is 0 Å². The Morgan fingerprint density at radius 1 is 1.04 bits per heavy atom. The Kier molecular flexibility index (Phi) is 6.02. The monoisotopic (exact) mass is 325 g/mol. The highest BCUT2D eigenvalue weighted by Gasteiger charge is 2.19. The van der Waals surface area contributed by atoms with E-state index in [0.717, 1.165) is 12.0 Å². The number of aryl methyl sites for hydroxylation is 3. The largest absolute Gasteiger partial charge is 0.481 e. The number of carbonyl (C=O) groups excluding carboxylic acids is 1. The summed E-state index contributed by atoms with van der Waals surface area (Å²) in [5.74, 6) is 0.614. The Labute approximate surface area is 145 Å². The molecule has 0 aliphatic heterocycles. The van der Waals surface area contributed by atoms with Crippen LogP contribution in [0.2, 0.25) is 0 Å². The lowest BCUT2D eigenvalue weighted by Crippen LogP contribution is -2.38. The fourth-order valence-electron chi connectivity index (χ4n) is 2.57. The van der Waals surface area contributed by atoms with Gasteiger partial charge in [0.2, 0.25) is 0 Å². The molecule has 0 saturated carbocycles. The molecule has 0 unspecified atom stereocenters. The summed E-state index contributed by atoms with van der Waals surface area (Å²) in [5.41, 5.74) is 4.80. The third-order valence-corrected chi connectivity index (χ3v) is 4.36. The Morgan fingerprint density at radius 2 is 1.71 bits per heavy atom. The van der Waals surface area contributed by atoms with Gasteiger partial charge in [-0.1, -0.05) is 42.8 Å². The molecule has 0 bridgehead atoms. The van der Waals surface area contributed by atoms with Crippen molar-refractivity contribution in [3.63, 3.8) is 0 Å². The average Bonchev–Trinajstić information content (AvgIpc) is 2.57. The van der Waals surface area contributed by atoms with Crippen molar-refractivity contribution in [2.75, 3.05) is 0 Å². The number of rotatable bonds is 6. The lowest BCUT2D eigenvalue weighted by Gasteiger charge is -2.21. The Hall–Kier alpha value is -2.29. The van der Waals surface area contributed by atoms with E-state index in [2.05, 4.69) is 44.3 Å². The van der Waals surface area contributed by atoms with E-state index in [1.165, 1.54) is 16.7 Å². The molecule has 1 amide bonds. The third-order valence-electron chi connectivity index (χ3n) is 4.36. The summed E-state index contributed by atoms with van der Waals surface area (Å²) < 4.78 is 5.74. The minimum absolute atomic E-state index is 0.000804. The molecule has 2 rings (SSSR count). The van der Waals surface area contributed by atoms with Gasteiger partial charge in [0.05, 0.1) is 6.04 Å². The topological polar surface area (TPSA) is 38.3 Å². The van der Waals surface area contributed by atoms with E-state index in [-0.39, 0.29) is 11.9 Å². The molecule has 2 aromatic rings. The van der Waals surface area contributed by atoms with Crippen molar-refractivity contribution in [2.45, 2.75) is 53.2 Å². The molecule has 3 heteroatoms. The summed E-state index contributed by atoms with van der Waals surface area (Å²) in [7, 11) is 0. The minimum Gasteiger partial charge on any atom is -0.481 e. The Balaban J connectivity index is 2.02. The van der Waals surface area contributed by atoms with Crippen molar-refractivity contribution >= 4 is 5.91 Å². The molecule has 24 heavy (non-hydrogen) atoms. The van der Waals surface area contributed by atoms with Gasteiger partial charge in [-0.2, -0.15) is 0 Å². The molecule has 3 nitrogen and oxygen atoms in total. The smallest absolute Gasteiger partial charge is 0.261 e. The molecule has 128 valence electrons. The number of ether oxygens (including phenoxy) is 1. The average molecular weight is 325 g/mol. The van der Waals surface area contributed by atoms with E-state index in [1.54, 1.807) is 6.92 Å². The van der Waals surface area contributed by atoms with Crippen molar-refractivity contribution in [3.05, 3.63) is 64.7 Å². The zero-order valence-corrected chi connectivity index (χ0v) is 15.2. The van der Waals surface area contributed by atoms with Crippen LogP contribution < -0.4 is 10.1 Å². The molecule has 0 radical (unpaired) electrons. The van der Waals surface area contributed by atoms with Crippen molar-refractivity contribution in [1.29, 1.82) is 0 Å². The van der Waals surface area contributed by atoms with Gasteiger partial charge < -0.3 is 10.1 Å². The van der Waals surface area contributed by atoms with Gasteiger partial charge in [-0.25, -0.2) is 0 Å². The van der Waals surface area contributed by atoms with Crippen molar-refractivity contribution < 1.29 is 9.53 Å². The van der Waals surface area contributed by atoms with Gasteiger partial charge in [0.1, 0.15) is 5.75 Å². The van der Waals surface area contributed by atoms with Gasteiger partial charge in [-0.05, 0) is 62.9 Å². The highest BCUT2D eigenvalue weighted by molar-refractivity contribution is 5.81. The quantitative estimate of drug-likeness (QED) is 0.840. The van der Waals surface area contributed by atoms with Gasteiger partial charge >= 0.3 is 0 Å². The fourth-order valence-corrected chi connectivity index (χ4v) is 2.57. The van der Waals surface area contributed by atoms with Crippen LogP contribution in [0.3, 0.4) is 0 Å². The Morgan fingerprint density at radius 3 is 2.29 bits per heavy atom. The van der Waals surface area contributed by atoms with Crippen molar-refractivity contribution in [1.82, 2.24) is 5.32 Å². The molecule has 0 fully saturated rings. The van der Waals surface area contributed by atoms with Crippen LogP contribution in [0.15, 0.2) is 42.5 Å². The summed E-state index contributed by atoms with van der Waals surface area (Å²) in [4.78, 5) is 12.5. The highest BCUT2D eigenvalue weighted by Crippen LogP contribution is 2.20. The molecule has 0 spiro atoms.